The van der Waals surface area contributed by atoms with E-state index >= 15 is 0 Å². The van der Waals surface area contributed by atoms with Gasteiger partial charge in [-0.1, -0.05) is 29.8 Å². The average Bonchev–Trinajstić information content (AvgIpc) is 3.12. The molecule has 0 saturated carbocycles. The van der Waals surface area contributed by atoms with Crippen LogP contribution in [0.5, 0.6) is 11.5 Å². The number of anilines is 3. The first-order valence-electron chi connectivity index (χ1n) is 8.75. The third kappa shape index (κ3) is 4.22. The summed E-state index contributed by atoms with van der Waals surface area (Å²) in [6, 6.07) is 21.9. The van der Waals surface area contributed by atoms with Gasteiger partial charge in [0.05, 0.1) is 4.90 Å². The molecule has 10 heteroatoms. The highest BCUT2D eigenvalue weighted by Gasteiger charge is 2.23. The van der Waals surface area contributed by atoms with Crippen LogP contribution in [0, 0.1) is 0 Å². The Morgan fingerprint density at radius 1 is 0.900 bits per heavy atom. The van der Waals surface area contributed by atoms with Gasteiger partial charge in [-0.3, -0.25) is 0 Å². The number of halogens is 1. The number of nitrogens with two attached hydrogens (primary N) is 1. The molecule has 3 N–H and O–H groups in total. The third-order valence-electron chi connectivity index (χ3n) is 4.03. The van der Waals surface area contributed by atoms with E-state index in [0.717, 1.165) is 0 Å². The molecule has 0 fully saturated rings. The highest BCUT2D eigenvalue weighted by molar-refractivity contribution is 7.90. The van der Waals surface area contributed by atoms with Crippen LogP contribution in [0.3, 0.4) is 0 Å². The zero-order chi connectivity index (χ0) is 21.1. The van der Waals surface area contributed by atoms with E-state index in [1.807, 2.05) is 18.2 Å². The number of hydrogen-bond acceptors (Lipinski definition) is 7. The number of hydrogen-bond donors (Lipinski definition) is 2. The second-order valence-electron chi connectivity index (χ2n) is 6.16. The van der Waals surface area contributed by atoms with Crippen molar-refractivity contribution in [3.8, 4) is 11.5 Å². The number of ether oxygens (including phenoxy) is 1. The van der Waals surface area contributed by atoms with Gasteiger partial charge in [-0.2, -0.15) is 13.4 Å². The smallest absolute Gasteiger partial charge is 0.286 e. The molecule has 0 atom stereocenters. The Balaban J connectivity index is 1.55. The Morgan fingerprint density at radius 3 is 2.20 bits per heavy atom. The molecule has 0 unspecified atom stereocenters. The first-order chi connectivity index (χ1) is 14.4. The molecule has 1 aromatic heterocycles. The van der Waals surface area contributed by atoms with Crippen LogP contribution >= 0.6 is 11.6 Å². The maximum absolute atomic E-state index is 12.9. The largest absolute Gasteiger partial charge is 0.457 e. The Bertz CT molecular complexity index is 1260. The van der Waals surface area contributed by atoms with E-state index in [1.54, 1.807) is 48.5 Å². The van der Waals surface area contributed by atoms with Crippen molar-refractivity contribution in [2.24, 2.45) is 0 Å². The van der Waals surface area contributed by atoms with Crippen molar-refractivity contribution in [3.05, 3.63) is 83.9 Å². The summed E-state index contributed by atoms with van der Waals surface area (Å²) in [6.45, 7) is 0. The molecule has 0 aliphatic rings. The van der Waals surface area contributed by atoms with Crippen LogP contribution in [0.2, 0.25) is 5.02 Å². The topological polar surface area (TPSA) is 112 Å². The number of aromatic nitrogens is 3. The maximum atomic E-state index is 12.9. The summed E-state index contributed by atoms with van der Waals surface area (Å²) in [6.07, 6.45) is 0. The molecule has 0 bridgehead atoms. The highest BCUT2D eigenvalue weighted by Crippen LogP contribution is 2.25. The summed E-state index contributed by atoms with van der Waals surface area (Å²) in [5, 5.41) is 7.44. The summed E-state index contributed by atoms with van der Waals surface area (Å²) in [4.78, 5) is 3.97. The van der Waals surface area contributed by atoms with Gasteiger partial charge >= 0.3 is 0 Å². The van der Waals surface area contributed by atoms with E-state index in [1.165, 1.54) is 12.1 Å². The van der Waals surface area contributed by atoms with E-state index < -0.39 is 10.0 Å². The molecule has 4 aromatic rings. The number of rotatable bonds is 6. The number of nitrogens with one attached hydrogen (secondary N) is 1. The number of nitrogen functional groups attached to an aromatic ring is 1. The monoisotopic (exact) mass is 441 g/mol. The van der Waals surface area contributed by atoms with Crippen molar-refractivity contribution in [1.29, 1.82) is 0 Å². The van der Waals surface area contributed by atoms with Crippen molar-refractivity contribution in [2.75, 3.05) is 11.1 Å². The van der Waals surface area contributed by atoms with Crippen molar-refractivity contribution in [2.45, 2.75) is 4.90 Å². The van der Waals surface area contributed by atoms with Gasteiger partial charge in [0.15, 0.2) is 0 Å². The first-order valence-corrected chi connectivity index (χ1v) is 10.6. The van der Waals surface area contributed by atoms with Gasteiger partial charge in [0.25, 0.3) is 10.0 Å². The molecule has 0 radical (unpaired) electrons. The van der Waals surface area contributed by atoms with E-state index in [9.17, 15) is 8.42 Å². The average molecular weight is 442 g/mol. The summed E-state index contributed by atoms with van der Waals surface area (Å²) < 4.78 is 32.2. The lowest BCUT2D eigenvalue weighted by Gasteiger charge is -2.08. The summed E-state index contributed by atoms with van der Waals surface area (Å²) in [5.41, 5.74) is 6.43. The SMILES string of the molecule is Nc1nc(Nc2ccc(Cl)cc2)nn1S(=O)(=O)c1ccc(Oc2ccccc2)cc1. The minimum Gasteiger partial charge on any atom is -0.457 e. The van der Waals surface area contributed by atoms with E-state index in [2.05, 4.69) is 15.4 Å². The highest BCUT2D eigenvalue weighted by atomic mass is 35.5. The molecular formula is C20H16ClN5O3S. The minimum absolute atomic E-state index is 0.00226. The number of para-hydroxylation sites is 1. The molecule has 4 rings (SSSR count). The maximum Gasteiger partial charge on any atom is 0.286 e. The fourth-order valence-corrected chi connectivity index (χ4v) is 3.88. The lowest BCUT2D eigenvalue weighted by molar-refractivity contribution is 0.482. The van der Waals surface area contributed by atoms with E-state index in [-0.39, 0.29) is 16.8 Å². The standard InChI is InChI=1S/C20H16ClN5O3S/c21-14-6-8-15(9-7-14)23-20-24-19(22)26(25-20)30(27,28)18-12-10-17(11-13-18)29-16-4-2-1-3-5-16/h1-13H,(H3,22,23,24,25). The van der Waals surface area contributed by atoms with Crippen LogP contribution in [0.4, 0.5) is 17.6 Å². The fourth-order valence-electron chi connectivity index (χ4n) is 2.61. The fraction of sp³-hybridized carbons (Fsp3) is 0. The van der Waals surface area contributed by atoms with Crippen LogP contribution in [0.25, 0.3) is 0 Å². The van der Waals surface area contributed by atoms with Crippen molar-refractivity contribution in [1.82, 2.24) is 14.2 Å². The lowest BCUT2D eigenvalue weighted by atomic mass is 10.3. The van der Waals surface area contributed by atoms with Gasteiger partial charge in [-0.05, 0) is 60.7 Å². The number of nitrogens with zero attached hydrogens (tertiary/aromatic N) is 3. The van der Waals surface area contributed by atoms with Crippen LogP contribution in [0.15, 0.2) is 83.8 Å². The summed E-state index contributed by atoms with van der Waals surface area (Å²) >= 11 is 5.86. The summed E-state index contributed by atoms with van der Waals surface area (Å²) in [5.74, 6) is 0.918. The Morgan fingerprint density at radius 2 is 1.53 bits per heavy atom. The molecular weight excluding hydrogens is 426 g/mol. The Hall–Kier alpha value is -3.56. The molecule has 8 nitrogen and oxygen atoms in total. The predicted octanol–water partition coefficient (Wildman–Crippen LogP) is 4.29. The summed E-state index contributed by atoms with van der Waals surface area (Å²) in [7, 11) is -4.04. The lowest BCUT2D eigenvalue weighted by Crippen LogP contribution is -2.17. The van der Waals surface area contributed by atoms with E-state index in [4.69, 9.17) is 22.1 Å². The minimum atomic E-state index is -4.04. The molecule has 30 heavy (non-hydrogen) atoms. The van der Waals surface area contributed by atoms with Gasteiger partial charge in [-0.15, -0.1) is 9.19 Å². The van der Waals surface area contributed by atoms with Gasteiger partial charge in [-0.25, -0.2) is 0 Å². The zero-order valence-electron chi connectivity index (χ0n) is 15.4. The molecule has 0 spiro atoms. The second-order valence-corrected chi connectivity index (χ2v) is 8.36. The molecule has 1 heterocycles. The van der Waals surface area contributed by atoms with Crippen LogP contribution in [-0.4, -0.2) is 22.6 Å². The quantitative estimate of drug-likeness (QED) is 0.459. The molecule has 3 aromatic carbocycles. The first kappa shape index (κ1) is 19.7. The molecule has 0 aliphatic heterocycles. The van der Waals surface area contributed by atoms with Crippen molar-refractivity contribution < 1.29 is 13.2 Å². The zero-order valence-corrected chi connectivity index (χ0v) is 17.0. The predicted molar refractivity (Wildman–Crippen MR) is 115 cm³/mol. The van der Waals surface area contributed by atoms with Gasteiger partial charge in [0.2, 0.25) is 11.9 Å². The van der Waals surface area contributed by atoms with Crippen molar-refractivity contribution >= 4 is 39.2 Å². The van der Waals surface area contributed by atoms with E-state index in [0.29, 0.717) is 26.3 Å². The van der Waals surface area contributed by atoms with Crippen LogP contribution < -0.4 is 15.8 Å². The molecule has 152 valence electrons. The van der Waals surface area contributed by atoms with Crippen LogP contribution in [-0.2, 0) is 10.0 Å². The normalized spacial score (nSPS) is 11.2. The molecule has 0 saturated heterocycles. The molecule has 0 amide bonds. The van der Waals surface area contributed by atoms with Gasteiger partial charge < -0.3 is 15.8 Å². The second kappa shape index (κ2) is 8.05. The Labute approximate surface area is 177 Å². The van der Waals surface area contributed by atoms with Gasteiger partial charge in [0.1, 0.15) is 11.5 Å². The third-order valence-corrected chi connectivity index (χ3v) is 5.87. The molecule has 0 aliphatic carbocycles. The van der Waals surface area contributed by atoms with Crippen LogP contribution in [0.1, 0.15) is 0 Å². The van der Waals surface area contributed by atoms with Gasteiger partial charge in [0, 0.05) is 10.7 Å². The number of benzene rings is 3. The Kier molecular flexibility index (Phi) is 5.30. The van der Waals surface area contributed by atoms with Crippen molar-refractivity contribution in [3.63, 3.8) is 0 Å².